The van der Waals surface area contributed by atoms with Crippen molar-refractivity contribution < 1.29 is 24.5 Å². The molecule has 3 rings (SSSR count). The topological polar surface area (TPSA) is 76.0 Å². The Morgan fingerprint density at radius 1 is 1.17 bits per heavy atom. The lowest BCUT2D eigenvalue weighted by molar-refractivity contribution is 0.101. The first kappa shape index (κ1) is 15.9. The molecule has 0 aromatic heterocycles. The van der Waals surface area contributed by atoms with Crippen LogP contribution < -0.4 is 9.47 Å². The van der Waals surface area contributed by atoms with Crippen LogP contribution in [0.2, 0.25) is 0 Å². The van der Waals surface area contributed by atoms with Gasteiger partial charge in [0.2, 0.25) is 5.78 Å². The largest absolute Gasteiger partial charge is 0.508 e. The highest BCUT2D eigenvalue weighted by Gasteiger charge is 2.28. The predicted octanol–water partition coefficient (Wildman–Crippen LogP) is 3.89. The van der Waals surface area contributed by atoms with Gasteiger partial charge in [-0.25, -0.2) is 0 Å². The lowest BCUT2D eigenvalue weighted by Gasteiger charge is -2.06. The summed E-state index contributed by atoms with van der Waals surface area (Å²) in [5.74, 6) is 0.792. The van der Waals surface area contributed by atoms with Crippen LogP contribution in [0.1, 0.15) is 35.7 Å². The molecule has 0 amide bonds. The second-order valence-corrected chi connectivity index (χ2v) is 5.54. The molecule has 0 aliphatic carbocycles. The number of hydrogen-bond donors (Lipinski definition) is 2. The normalized spacial score (nSPS) is 14.5. The highest BCUT2D eigenvalue weighted by molar-refractivity contribution is 6.14. The highest BCUT2D eigenvalue weighted by atomic mass is 16.5. The Bertz CT molecular complexity index is 807. The third-order valence-corrected chi connectivity index (χ3v) is 3.71. The summed E-state index contributed by atoms with van der Waals surface area (Å²) in [6.45, 7) is 2.71. The maximum atomic E-state index is 12.4. The zero-order valence-electron chi connectivity index (χ0n) is 13.3. The monoisotopic (exact) mass is 326 g/mol. The van der Waals surface area contributed by atoms with Gasteiger partial charge >= 0.3 is 0 Å². The van der Waals surface area contributed by atoms with Crippen molar-refractivity contribution in [3.63, 3.8) is 0 Å². The van der Waals surface area contributed by atoms with E-state index in [2.05, 4.69) is 6.92 Å². The van der Waals surface area contributed by atoms with Crippen LogP contribution >= 0.6 is 0 Å². The predicted molar refractivity (Wildman–Crippen MR) is 89.6 cm³/mol. The summed E-state index contributed by atoms with van der Waals surface area (Å²) >= 11 is 0. The van der Waals surface area contributed by atoms with E-state index in [4.69, 9.17) is 9.47 Å². The number of Topliss-reactive ketones (excluding diaryl/α,β-unsaturated/α-hetero) is 1. The van der Waals surface area contributed by atoms with Crippen LogP contribution in [0.5, 0.6) is 23.0 Å². The fourth-order valence-electron chi connectivity index (χ4n) is 2.39. The van der Waals surface area contributed by atoms with Crippen molar-refractivity contribution in [2.24, 2.45) is 0 Å². The van der Waals surface area contributed by atoms with Gasteiger partial charge in [0.25, 0.3) is 0 Å². The molecule has 1 aliphatic heterocycles. The second-order valence-electron chi connectivity index (χ2n) is 5.54. The van der Waals surface area contributed by atoms with Crippen molar-refractivity contribution in [1.29, 1.82) is 0 Å². The quantitative estimate of drug-likeness (QED) is 0.644. The lowest BCUT2D eigenvalue weighted by atomic mass is 10.1. The first-order valence-corrected chi connectivity index (χ1v) is 7.81. The van der Waals surface area contributed by atoms with E-state index in [0.29, 0.717) is 29.2 Å². The van der Waals surface area contributed by atoms with Crippen LogP contribution in [0.4, 0.5) is 0 Å². The molecule has 24 heavy (non-hydrogen) atoms. The van der Waals surface area contributed by atoms with Gasteiger partial charge in [0.1, 0.15) is 23.0 Å². The SMILES string of the molecule is CCCCOc1ccc2c(c1)O/C(=C\c1ccc(O)cc1O)C2=O. The number of rotatable bonds is 5. The van der Waals surface area contributed by atoms with E-state index in [1.807, 2.05) is 0 Å². The van der Waals surface area contributed by atoms with Gasteiger partial charge in [-0.1, -0.05) is 13.3 Å². The molecule has 0 fully saturated rings. The van der Waals surface area contributed by atoms with Crippen molar-refractivity contribution in [2.45, 2.75) is 19.8 Å². The average molecular weight is 326 g/mol. The van der Waals surface area contributed by atoms with Crippen LogP contribution in [0.25, 0.3) is 6.08 Å². The number of carbonyl (C=O) groups is 1. The maximum absolute atomic E-state index is 12.4. The number of ether oxygens (including phenoxy) is 2. The van der Waals surface area contributed by atoms with Crippen molar-refractivity contribution >= 4 is 11.9 Å². The maximum Gasteiger partial charge on any atom is 0.231 e. The van der Waals surface area contributed by atoms with E-state index in [-0.39, 0.29) is 23.0 Å². The molecular weight excluding hydrogens is 308 g/mol. The summed E-state index contributed by atoms with van der Waals surface area (Å²) in [5, 5.41) is 19.1. The molecule has 5 nitrogen and oxygen atoms in total. The van der Waals surface area contributed by atoms with Crippen molar-refractivity contribution in [2.75, 3.05) is 6.61 Å². The fourth-order valence-corrected chi connectivity index (χ4v) is 2.39. The Hall–Kier alpha value is -2.95. The average Bonchev–Trinajstić information content (AvgIpc) is 2.86. The number of ketones is 1. The number of phenolic OH excluding ortho intramolecular Hbond substituents is 2. The molecule has 2 aromatic carbocycles. The molecule has 0 atom stereocenters. The van der Waals surface area contributed by atoms with Gasteiger partial charge in [-0.15, -0.1) is 0 Å². The van der Waals surface area contributed by atoms with Gasteiger partial charge in [-0.2, -0.15) is 0 Å². The summed E-state index contributed by atoms with van der Waals surface area (Å²) in [7, 11) is 0. The molecule has 0 radical (unpaired) electrons. The van der Waals surface area contributed by atoms with E-state index >= 15 is 0 Å². The number of allylic oxidation sites excluding steroid dienone is 1. The standard InChI is InChI=1S/C19H18O5/c1-2-3-8-23-14-6-7-15-17(11-14)24-18(19(15)22)9-12-4-5-13(20)10-16(12)21/h4-7,9-11,20-21H,2-3,8H2,1H3/b18-9-. The Labute approximate surface area is 139 Å². The van der Waals surface area contributed by atoms with E-state index in [1.165, 1.54) is 24.3 Å². The summed E-state index contributed by atoms with van der Waals surface area (Å²) in [4.78, 5) is 12.4. The summed E-state index contributed by atoms with van der Waals surface area (Å²) < 4.78 is 11.2. The molecule has 0 bridgehead atoms. The highest BCUT2D eigenvalue weighted by Crippen LogP contribution is 2.36. The van der Waals surface area contributed by atoms with Crippen LogP contribution in [-0.4, -0.2) is 22.6 Å². The molecule has 5 heteroatoms. The minimum Gasteiger partial charge on any atom is -0.508 e. The Morgan fingerprint density at radius 2 is 2.00 bits per heavy atom. The summed E-state index contributed by atoms with van der Waals surface area (Å²) in [6.07, 6.45) is 3.46. The van der Waals surface area contributed by atoms with Gasteiger partial charge in [-0.05, 0) is 36.8 Å². The second kappa shape index (κ2) is 6.66. The van der Waals surface area contributed by atoms with Crippen LogP contribution in [0.3, 0.4) is 0 Å². The number of carbonyl (C=O) groups excluding carboxylic acids is 1. The number of hydrogen-bond acceptors (Lipinski definition) is 5. The van der Waals surface area contributed by atoms with Gasteiger partial charge in [0.05, 0.1) is 12.2 Å². The molecule has 1 heterocycles. The number of aromatic hydroxyl groups is 2. The van der Waals surface area contributed by atoms with Crippen molar-refractivity contribution in [3.8, 4) is 23.0 Å². The van der Waals surface area contributed by atoms with Gasteiger partial charge in [0.15, 0.2) is 5.76 Å². The number of fused-ring (bicyclic) bond motifs is 1. The van der Waals surface area contributed by atoms with Crippen LogP contribution in [0, 0.1) is 0 Å². The molecule has 1 aliphatic rings. The van der Waals surface area contributed by atoms with Gasteiger partial charge in [0, 0.05) is 17.7 Å². The molecule has 0 spiro atoms. The van der Waals surface area contributed by atoms with E-state index in [9.17, 15) is 15.0 Å². The summed E-state index contributed by atoms with van der Waals surface area (Å²) in [6, 6.07) is 9.27. The molecular formula is C19H18O5. The van der Waals surface area contributed by atoms with Crippen molar-refractivity contribution in [3.05, 3.63) is 53.3 Å². The molecule has 2 aromatic rings. The minimum atomic E-state index is -0.252. The molecule has 0 saturated carbocycles. The lowest BCUT2D eigenvalue weighted by Crippen LogP contribution is -1.98. The Morgan fingerprint density at radius 3 is 2.75 bits per heavy atom. The Balaban J connectivity index is 1.83. The molecule has 124 valence electrons. The molecule has 0 unspecified atom stereocenters. The number of phenols is 2. The van der Waals surface area contributed by atoms with Crippen LogP contribution in [0.15, 0.2) is 42.2 Å². The van der Waals surface area contributed by atoms with E-state index in [1.54, 1.807) is 18.2 Å². The first-order valence-electron chi connectivity index (χ1n) is 7.81. The third kappa shape index (κ3) is 3.20. The third-order valence-electron chi connectivity index (χ3n) is 3.71. The summed E-state index contributed by atoms with van der Waals surface area (Å²) in [5.41, 5.74) is 0.853. The van der Waals surface area contributed by atoms with Gasteiger partial charge < -0.3 is 19.7 Å². The fraction of sp³-hybridized carbons (Fsp3) is 0.211. The zero-order valence-corrected chi connectivity index (χ0v) is 13.3. The van der Waals surface area contributed by atoms with Crippen LogP contribution in [-0.2, 0) is 0 Å². The molecule has 2 N–H and O–H groups in total. The number of unbranched alkanes of at least 4 members (excludes halogenated alkanes) is 1. The smallest absolute Gasteiger partial charge is 0.231 e. The van der Waals surface area contributed by atoms with Crippen molar-refractivity contribution in [1.82, 2.24) is 0 Å². The van der Waals surface area contributed by atoms with E-state index < -0.39 is 0 Å². The Kier molecular flexibility index (Phi) is 4.42. The number of benzene rings is 2. The molecule has 0 saturated heterocycles. The zero-order chi connectivity index (χ0) is 17.1. The minimum absolute atomic E-state index is 0.0505. The first-order chi connectivity index (χ1) is 11.6. The van der Waals surface area contributed by atoms with Gasteiger partial charge in [-0.3, -0.25) is 4.79 Å². The van der Waals surface area contributed by atoms with E-state index in [0.717, 1.165) is 12.8 Å².